The molecule has 0 heterocycles. The standard InChI is InChI=1S/C15H19Br2NO2/c1-10-3-2-6-15(20,8-10)9-18-14(19)12-5-4-11(16)7-13(12)17/h4-5,7,10,20H,2-3,6,8-9H2,1H3,(H,18,19). The minimum Gasteiger partial charge on any atom is -0.388 e. The Labute approximate surface area is 136 Å². The zero-order valence-corrected chi connectivity index (χ0v) is 14.6. The molecule has 2 N–H and O–H groups in total. The molecule has 1 aromatic rings. The van der Waals surface area contributed by atoms with E-state index < -0.39 is 5.60 Å². The second kappa shape index (κ2) is 6.58. The Balaban J connectivity index is 1.98. The highest BCUT2D eigenvalue weighted by atomic mass is 79.9. The van der Waals surface area contributed by atoms with Crippen LogP contribution in [-0.2, 0) is 0 Å². The minimum atomic E-state index is -0.755. The molecule has 110 valence electrons. The number of hydrogen-bond acceptors (Lipinski definition) is 2. The van der Waals surface area contributed by atoms with Gasteiger partial charge in [0.05, 0.1) is 11.2 Å². The molecule has 2 atom stereocenters. The van der Waals surface area contributed by atoms with Crippen LogP contribution in [0.2, 0.25) is 0 Å². The van der Waals surface area contributed by atoms with Crippen LogP contribution >= 0.6 is 31.9 Å². The van der Waals surface area contributed by atoms with Crippen LogP contribution in [0.1, 0.15) is 43.0 Å². The molecule has 3 nitrogen and oxygen atoms in total. The van der Waals surface area contributed by atoms with Crippen molar-refractivity contribution in [2.24, 2.45) is 5.92 Å². The van der Waals surface area contributed by atoms with Crippen LogP contribution in [0.5, 0.6) is 0 Å². The number of amides is 1. The Kier molecular flexibility index (Phi) is 5.26. The maximum Gasteiger partial charge on any atom is 0.252 e. The summed E-state index contributed by atoms with van der Waals surface area (Å²) in [6.45, 7) is 2.47. The van der Waals surface area contributed by atoms with E-state index in [4.69, 9.17) is 0 Å². The monoisotopic (exact) mass is 403 g/mol. The smallest absolute Gasteiger partial charge is 0.252 e. The van der Waals surface area contributed by atoms with E-state index in [0.717, 1.165) is 34.6 Å². The van der Waals surface area contributed by atoms with Crippen LogP contribution in [0.25, 0.3) is 0 Å². The quantitative estimate of drug-likeness (QED) is 0.802. The molecule has 0 aliphatic heterocycles. The van der Waals surface area contributed by atoms with Crippen LogP contribution in [0, 0.1) is 5.92 Å². The molecule has 1 fully saturated rings. The third-order valence-electron chi connectivity index (χ3n) is 3.82. The molecule has 1 saturated carbocycles. The van der Waals surface area contributed by atoms with Crippen LogP contribution in [0.3, 0.4) is 0 Å². The highest BCUT2D eigenvalue weighted by Crippen LogP contribution is 2.31. The summed E-state index contributed by atoms with van der Waals surface area (Å²) in [5, 5.41) is 13.4. The molecule has 1 aromatic carbocycles. The van der Waals surface area contributed by atoms with Crippen molar-refractivity contribution in [1.82, 2.24) is 5.32 Å². The zero-order chi connectivity index (χ0) is 14.8. The summed E-state index contributed by atoms with van der Waals surface area (Å²) >= 11 is 6.74. The van der Waals surface area contributed by atoms with E-state index in [1.807, 2.05) is 12.1 Å². The maximum atomic E-state index is 12.2. The number of carbonyl (C=O) groups is 1. The Hall–Kier alpha value is -0.390. The molecule has 1 aliphatic carbocycles. The molecule has 0 aromatic heterocycles. The number of aliphatic hydroxyl groups is 1. The van der Waals surface area contributed by atoms with E-state index in [2.05, 4.69) is 44.1 Å². The van der Waals surface area contributed by atoms with Gasteiger partial charge in [-0.2, -0.15) is 0 Å². The molecule has 1 aliphatic rings. The predicted molar refractivity (Wildman–Crippen MR) is 86.8 cm³/mol. The van der Waals surface area contributed by atoms with Gasteiger partial charge in [0.1, 0.15) is 0 Å². The number of benzene rings is 1. The molecule has 2 rings (SSSR count). The van der Waals surface area contributed by atoms with E-state index in [1.165, 1.54) is 0 Å². The molecular weight excluding hydrogens is 386 g/mol. The predicted octanol–water partition coefficient (Wildman–Crippen LogP) is 3.88. The third-order valence-corrected chi connectivity index (χ3v) is 4.97. The number of hydrogen-bond donors (Lipinski definition) is 2. The largest absolute Gasteiger partial charge is 0.388 e. The van der Waals surface area contributed by atoms with Gasteiger partial charge in [-0.05, 0) is 52.9 Å². The van der Waals surface area contributed by atoms with E-state index in [-0.39, 0.29) is 5.91 Å². The Morgan fingerprint density at radius 2 is 2.25 bits per heavy atom. The lowest BCUT2D eigenvalue weighted by Gasteiger charge is -2.35. The number of halogens is 2. The Bertz CT molecular complexity index is 507. The van der Waals surface area contributed by atoms with Gasteiger partial charge in [0.25, 0.3) is 5.91 Å². The normalized spacial score (nSPS) is 26.3. The molecule has 0 radical (unpaired) electrons. The average Bonchev–Trinajstić information content (AvgIpc) is 2.36. The SMILES string of the molecule is CC1CCCC(O)(CNC(=O)c2ccc(Br)cc2Br)C1. The van der Waals surface area contributed by atoms with Gasteiger partial charge in [-0.25, -0.2) is 0 Å². The lowest BCUT2D eigenvalue weighted by molar-refractivity contribution is -0.0109. The Morgan fingerprint density at radius 1 is 1.50 bits per heavy atom. The van der Waals surface area contributed by atoms with Crippen molar-refractivity contribution in [3.8, 4) is 0 Å². The average molecular weight is 405 g/mol. The summed E-state index contributed by atoms with van der Waals surface area (Å²) < 4.78 is 1.66. The fourth-order valence-corrected chi connectivity index (χ4v) is 4.03. The minimum absolute atomic E-state index is 0.156. The van der Waals surface area contributed by atoms with Gasteiger partial charge in [-0.3, -0.25) is 4.79 Å². The first kappa shape index (κ1) is 16.0. The Morgan fingerprint density at radius 3 is 2.90 bits per heavy atom. The molecule has 0 bridgehead atoms. The lowest BCUT2D eigenvalue weighted by atomic mass is 9.79. The molecular formula is C15H19Br2NO2. The summed E-state index contributed by atoms with van der Waals surface area (Å²) in [7, 11) is 0. The highest BCUT2D eigenvalue weighted by Gasteiger charge is 2.33. The van der Waals surface area contributed by atoms with Crippen molar-refractivity contribution in [2.45, 2.75) is 38.2 Å². The summed E-state index contributed by atoms with van der Waals surface area (Å²) in [6.07, 6.45) is 3.71. The molecule has 1 amide bonds. The summed E-state index contributed by atoms with van der Waals surface area (Å²) in [4.78, 5) is 12.2. The zero-order valence-electron chi connectivity index (χ0n) is 11.5. The van der Waals surface area contributed by atoms with Gasteiger partial charge >= 0.3 is 0 Å². The van der Waals surface area contributed by atoms with Crippen molar-refractivity contribution in [2.75, 3.05) is 6.54 Å². The molecule has 0 spiro atoms. The van der Waals surface area contributed by atoms with Crippen molar-refractivity contribution in [1.29, 1.82) is 0 Å². The van der Waals surface area contributed by atoms with E-state index in [1.54, 1.807) is 6.07 Å². The maximum absolute atomic E-state index is 12.2. The van der Waals surface area contributed by atoms with Crippen molar-refractivity contribution in [3.05, 3.63) is 32.7 Å². The number of carbonyl (C=O) groups excluding carboxylic acids is 1. The van der Waals surface area contributed by atoms with Gasteiger partial charge in [-0.15, -0.1) is 0 Å². The van der Waals surface area contributed by atoms with Crippen molar-refractivity contribution >= 4 is 37.8 Å². The van der Waals surface area contributed by atoms with Gasteiger partial charge < -0.3 is 10.4 Å². The first-order valence-corrected chi connectivity index (χ1v) is 8.44. The summed E-state index contributed by atoms with van der Waals surface area (Å²) in [5.41, 5.74) is -0.171. The van der Waals surface area contributed by atoms with Crippen LogP contribution in [0.15, 0.2) is 27.1 Å². The third kappa shape index (κ3) is 4.06. The highest BCUT2D eigenvalue weighted by molar-refractivity contribution is 9.11. The van der Waals surface area contributed by atoms with Crippen molar-refractivity contribution in [3.63, 3.8) is 0 Å². The fourth-order valence-electron chi connectivity index (χ4n) is 2.81. The summed E-state index contributed by atoms with van der Waals surface area (Å²) in [6, 6.07) is 5.43. The van der Waals surface area contributed by atoms with E-state index in [9.17, 15) is 9.90 Å². The van der Waals surface area contributed by atoms with Crippen LogP contribution in [0.4, 0.5) is 0 Å². The van der Waals surface area contributed by atoms with E-state index >= 15 is 0 Å². The van der Waals surface area contributed by atoms with E-state index in [0.29, 0.717) is 18.0 Å². The topological polar surface area (TPSA) is 49.3 Å². The second-order valence-electron chi connectivity index (χ2n) is 5.73. The lowest BCUT2D eigenvalue weighted by Crippen LogP contribution is -2.45. The van der Waals surface area contributed by atoms with Gasteiger partial charge in [0, 0.05) is 15.5 Å². The molecule has 2 unspecified atom stereocenters. The number of nitrogens with one attached hydrogen (secondary N) is 1. The van der Waals surface area contributed by atoms with Gasteiger partial charge in [0.2, 0.25) is 0 Å². The summed E-state index contributed by atoms with van der Waals surface area (Å²) in [5.74, 6) is 0.362. The molecule has 5 heteroatoms. The molecule has 20 heavy (non-hydrogen) atoms. The van der Waals surface area contributed by atoms with Crippen LogP contribution in [-0.4, -0.2) is 23.2 Å². The van der Waals surface area contributed by atoms with Gasteiger partial charge in [-0.1, -0.05) is 35.7 Å². The first-order chi connectivity index (χ1) is 9.39. The van der Waals surface area contributed by atoms with Crippen LogP contribution < -0.4 is 5.32 Å². The molecule has 0 saturated heterocycles. The second-order valence-corrected chi connectivity index (χ2v) is 7.50. The number of rotatable bonds is 3. The first-order valence-electron chi connectivity index (χ1n) is 6.85. The van der Waals surface area contributed by atoms with Gasteiger partial charge in [0.15, 0.2) is 0 Å². The van der Waals surface area contributed by atoms with Crippen molar-refractivity contribution < 1.29 is 9.90 Å². The fraction of sp³-hybridized carbons (Fsp3) is 0.533.